The Morgan fingerprint density at radius 1 is 1.80 bits per heavy atom. The zero-order valence-corrected chi connectivity index (χ0v) is 5.85. The van der Waals surface area contributed by atoms with Crippen LogP contribution in [-0.2, 0) is 7.05 Å². The van der Waals surface area contributed by atoms with Crippen molar-refractivity contribution in [3.05, 3.63) is 16.9 Å². The minimum absolute atomic E-state index is 0.0409. The van der Waals surface area contributed by atoms with Crippen molar-refractivity contribution in [2.75, 3.05) is 0 Å². The highest BCUT2D eigenvalue weighted by atomic mass is 35.5. The van der Waals surface area contributed by atoms with E-state index in [1.54, 1.807) is 6.07 Å². The molecule has 0 saturated heterocycles. The first-order chi connectivity index (χ1) is 4.66. The van der Waals surface area contributed by atoms with E-state index in [9.17, 15) is 4.39 Å². The Morgan fingerprint density at radius 3 is 2.60 bits per heavy atom. The first kappa shape index (κ1) is 7.03. The Hall–Kier alpha value is -1.08. The maximum atomic E-state index is 12.4. The van der Waals surface area contributed by atoms with Crippen LogP contribution in [0.2, 0.25) is 5.15 Å². The van der Waals surface area contributed by atoms with Crippen molar-refractivity contribution < 1.29 is 4.39 Å². The molecule has 1 aromatic rings. The third-order valence-electron chi connectivity index (χ3n) is 1.10. The average molecular weight is 160 g/mol. The number of imidazole rings is 1. The van der Waals surface area contributed by atoms with Crippen molar-refractivity contribution in [3.8, 4) is 6.07 Å². The third kappa shape index (κ3) is 0.847. The van der Waals surface area contributed by atoms with Gasteiger partial charge in [0.15, 0.2) is 10.8 Å². The molecule has 0 saturated carbocycles. The van der Waals surface area contributed by atoms with Gasteiger partial charge >= 0.3 is 0 Å². The molecule has 3 nitrogen and oxygen atoms in total. The van der Waals surface area contributed by atoms with Crippen molar-refractivity contribution in [2.24, 2.45) is 7.05 Å². The Kier molecular flexibility index (Phi) is 1.60. The van der Waals surface area contributed by atoms with Crippen molar-refractivity contribution >= 4 is 11.6 Å². The Balaban J connectivity index is 3.37. The zero-order chi connectivity index (χ0) is 7.72. The van der Waals surface area contributed by atoms with Gasteiger partial charge in [-0.15, -0.1) is 0 Å². The lowest BCUT2D eigenvalue weighted by molar-refractivity contribution is 0.499. The lowest BCUT2D eigenvalue weighted by Gasteiger charge is -1.88. The van der Waals surface area contributed by atoms with Gasteiger partial charge in [0, 0.05) is 7.05 Å². The number of rotatable bonds is 0. The number of nitriles is 1. The molecule has 5 heteroatoms. The van der Waals surface area contributed by atoms with Gasteiger partial charge in [-0.1, -0.05) is 11.6 Å². The summed E-state index contributed by atoms with van der Waals surface area (Å²) in [4.78, 5) is 3.22. The smallest absolute Gasteiger partial charge is 0.291 e. The van der Waals surface area contributed by atoms with Crippen molar-refractivity contribution in [1.29, 1.82) is 5.26 Å². The van der Waals surface area contributed by atoms with Crippen LogP contribution in [0.25, 0.3) is 0 Å². The van der Waals surface area contributed by atoms with Gasteiger partial charge in [-0.3, -0.25) is 4.57 Å². The molecule has 0 atom stereocenters. The van der Waals surface area contributed by atoms with Crippen molar-refractivity contribution in [2.45, 2.75) is 0 Å². The van der Waals surface area contributed by atoms with Gasteiger partial charge in [0.1, 0.15) is 6.07 Å². The van der Waals surface area contributed by atoms with Crippen LogP contribution < -0.4 is 0 Å². The Morgan fingerprint density at radius 2 is 2.40 bits per heavy atom. The first-order valence-electron chi connectivity index (χ1n) is 2.44. The quantitative estimate of drug-likeness (QED) is 0.569. The van der Waals surface area contributed by atoms with Crippen molar-refractivity contribution in [3.63, 3.8) is 0 Å². The van der Waals surface area contributed by atoms with Crippen LogP contribution in [0.4, 0.5) is 4.39 Å². The van der Waals surface area contributed by atoms with E-state index in [2.05, 4.69) is 4.98 Å². The second-order valence-electron chi connectivity index (χ2n) is 1.69. The molecular formula is C5H3ClFN3. The van der Waals surface area contributed by atoms with Crippen LogP contribution in [0.1, 0.15) is 5.69 Å². The molecule has 0 amide bonds. The fourth-order valence-corrected chi connectivity index (χ4v) is 0.799. The summed E-state index contributed by atoms with van der Waals surface area (Å²) in [6.07, 6.45) is -0.749. The molecule has 52 valence electrons. The van der Waals surface area contributed by atoms with Crippen LogP contribution in [0.15, 0.2) is 0 Å². The van der Waals surface area contributed by atoms with Gasteiger partial charge in [-0.05, 0) is 0 Å². The van der Waals surface area contributed by atoms with E-state index in [-0.39, 0.29) is 10.8 Å². The summed E-state index contributed by atoms with van der Waals surface area (Å²) < 4.78 is 13.4. The molecule has 1 aromatic heterocycles. The van der Waals surface area contributed by atoms with Gasteiger partial charge in [-0.2, -0.15) is 14.6 Å². The normalized spacial score (nSPS) is 9.40. The second kappa shape index (κ2) is 2.27. The monoisotopic (exact) mass is 159 g/mol. The van der Waals surface area contributed by atoms with Crippen LogP contribution in [0, 0.1) is 17.4 Å². The number of hydrogen-bond acceptors (Lipinski definition) is 2. The highest BCUT2D eigenvalue weighted by molar-refractivity contribution is 6.30. The molecule has 0 aliphatic rings. The fraction of sp³-hybridized carbons (Fsp3) is 0.200. The number of halogens is 2. The highest BCUT2D eigenvalue weighted by Crippen LogP contribution is 2.12. The molecule has 0 N–H and O–H groups in total. The number of aromatic nitrogens is 2. The second-order valence-corrected chi connectivity index (χ2v) is 2.05. The summed E-state index contributed by atoms with van der Waals surface area (Å²) in [5.74, 6) is 0. The summed E-state index contributed by atoms with van der Waals surface area (Å²) >= 11 is 5.36. The summed E-state index contributed by atoms with van der Waals surface area (Å²) in [5, 5.41) is 8.26. The molecule has 0 spiro atoms. The molecule has 0 fully saturated rings. The lowest BCUT2D eigenvalue weighted by atomic mass is 10.5. The molecule has 10 heavy (non-hydrogen) atoms. The molecule has 0 bridgehead atoms. The largest absolute Gasteiger partial charge is 0.294 e. The molecule has 0 aliphatic heterocycles. The molecular weight excluding hydrogens is 157 g/mol. The minimum Gasteiger partial charge on any atom is -0.294 e. The van der Waals surface area contributed by atoms with E-state index in [1.165, 1.54) is 7.05 Å². The van der Waals surface area contributed by atoms with Crippen LogP contribution in [-0.4, -0.2) is 9.55 Å². The molecule has 0 radical (unpaired) electrons. The maximum absolute atomic E-state index is 12.4. The maximum Gasteiger partial charge on any atom is 0.291 e. The minimum atomic E-state index is -0.749. The third-order valence-corrected chi connectivity index (χ3v) is 1.37. The van der Waals surface area contributed by atoms with E-state index >= 15 is 0 Å². The van der Waals surface area contributed by atoms with Gasteiger partial charge in [0.05, 0.1) is 0 Å². The van der Waals surface area contributed by atoms with Gasteiger partial charge in [-0.25, -0.2) is 0 Å². The number of hydrogen-bond donors (Lipinski definition) is 0. The summed E-state index contributed by atoms with van der Waals surface area (Å²) in [6, 6.07) is 1.71. The highest BCUT2D eigenvalue weighted by Gasteiger charge is 2.10. The van der Waals surface area contributed by atoms with E-state index in [0.29, 0.717) is 0 Å². The summed E-state index contributed by atoms with van der Waals surface area (Å²) in [7, 11) is 1.38. The van der Waals surface area contributed by atoms with E-state index < -0.39 is 6.08 Å². The Labute approximate surface area is 61.7 Å². The van der Waals surface area contributed by atoms with Gasteiger partial charge < -0.3 is 0 Å². The van der Waals surface area contributed by atoms with E-state index in [0.717, 1.165) is 4.57 Å². The predicted molar refractivity (Wildman–Crippen MR) is 32.9 cm³/mol. The molecule has 1 rings (SSSR count). The van der Waals surface area contributed by atoms with Crippen molar-refractivity contribution in [1.82, 2.24) is 9.55 Å². The number of nitrogens with zero attached hydrogens (tertiary/aromatic N) is 3. The Bertz CT molecular complexity index is 299. The summed E-state index contributed by atoms with van der Waals surface area (Å²) in [6.45, 7) is 0. The zero-order valence-electron chi connectivity index (χ0n) is 5.10. The lowest BCUT2D eigenvalue weighted by Crippen LogP contribution is -1.94. The standard InChI is InChI=1S/C5H3ClFN3/c1-10-3(2-8)4(6)9-5(10)7/h1H3. The fourth-order valence-electron chi connectivity index (χ4n) is 0.561. The molecule has 1 heterocycles. The summed E-state index contributed by atoms with van der Waals surface area (Å²) in [5.41, 5.74) is 0.0409. The van der Waals surface area contributed by atoms with Gasteiger partial charge in [0.25, 0.3) is 6.08 Å². The van der Waals surface area contributed by atoms with E-state index in [1.807, 2.05) is 0 Å². The van der Waals surface area contributed by atoms with Crippen LogP contribution in [0.3, 0.4) is 0 Å². The SMILES string of the molecule is Cn1c(F)nc(Cl)c1C#N. The van der Waals surface area contributed by atoms with Gasteiger partial charge in [0.2, 0.25) is 0 Å². The van der Waals surface area contributed by atoms with E-state index in [4.69, 9.17) is 16.9 Å². The van der Waals surface area contributed by atoms with Crippen LogP contribution >= 0.6 is 11.6 Å². The molecule has 0 unspecified atom stereocenters. The average Bonchev–Trinajstić information content (AvgIpc) is 2.09. The molecule has 0 aromatic carbocycles. The topological polar surface area (TPSA) is 41.6 Å². The molecule has 0 aliphatic carbocycles. The first-order valence-corrected chi connectivity index (χ1v) is 2.82. The predicted octanol–water partition coefficient (Wildman–Crippen LogP) is 1.08. The van der Waals surface area contributed by atoms with Crippen LogP contribution in [0.5, 0.6) is 0 Å².